The fraction of sp³-hybridized carbons (Fsp3) is 0.857. The van der Waals surface area contributed by atoms with E-state index in [4.69, 9.17) is 18.5 Å². The number of carbonyl (C=O) groups excluding carboxylic acids is 2. The highest BCUT2D eigenvalue weighted by molar-refractivity contribution is 7.47. The van der Waals surface area contributed by atoms with Gasteiger partial charge in [0.15, 0.2) is 0 Å². The first-order valence-electron chi connectivity index (χ1n) is 21.3. The van der Waals surface area contributed by atoms with Crippen molar-refractivity contribution in [3.8, 4) is 0 Å². The van der Waals surface area contributed by atoms with Gasteiger partial charge in [-0.1, -0.05) is 160 Å². The van der Waals surface area contributed by atoms with Gasteiger partial charge >= 0.3 is 19.8 Å². The van der Waals surface area contributed by atoms with Crippen LogP contribution in [-0.4, -0.2) is 65.7 Å². The summed E-state index contributed by atoms with van der Waals surface area (Å²) in [5.74, 6) is -1.02. The first kappa shape index (κ1) is 51.5. The molecule has 10 nitrogen and oxygen atoms in total. The minimum Gasteiger partial charge on any atom is -0.457 e. The smallest absolute Gasteiger partial charge is 0.457 e. The van der Waals surface area contributed by atoms with Gasteiger partial charge in [-0.15, -0.1) is 0 Å². The first-order chi connectivity index (χ1) is 25.8. The number of phosphoric ester groups is 1. The van der Waals surface area contributed by atoms with E-state index in [0.717, 1.165) is 51.4 Å². The van der Waals surface area contributed by atoms with Crippen molar-refractivity contribution in [2.24, 2.45) is 0 Å². The molecule has 0 saturated heterocycles. The molecule has 3 unspecified atom stereocenters. The number of esters is 2. The molecule has 0 rings (SSSR count). The highest BCUT2D eigenvalue weighted by atomic mass is 31.2. The predicted molar refractivity (Wildman–Crippen MR) is 215 cm³/mol. The third-order valence-electron chi connectivity index (χ3n) is 9.17. The number of unbranched alkanes of at least 4 members (excludes halogenated alkanes) is 22. The maximum atomic E-state index is 12.3. The quantitative estimate of drug-likeness (QED) is 0.0238. The molecule has 3 N–H and O–H groups in total. The lowest BCUT2D eigenvalue weighted by atomic mass is 10.1. The molecular formula is C42H79O10P. The second-order valence-corrected chi connectivity index (χ2v) is 15.8. The summed E-state index contributed by atoms with van der Waals surface area (Å²) < 4.78 is 32.5. The Hall–Kier alpha value is -1.55. The van der Waals surface area contributed by atoms with E-state index in [9.17, 15) is 29.3 Å². The van der Waals surface area contributed by atoms with E-state index in [1.54, 1.807) is 0 Å². The third kappa shape index (κ3) is 37.2. The van der Waals surface area contributed by atoms with Crippen LogP contribution in [0.4, 0.5) is 0 Å². The summed E-state index contributed by atoms with van der Waals surface area (Å²) >= 11 is 0. The van der Waals surface area contributed by atoms with Gasteiger partial charge in [-0.3, -0.25) is 18.6 Å². The van der Waals surface area contributed by atoms with Crippen molar-refractivity contribution >= 4 is 19.8 Å². The molecular weight excluding hydrogens is 695 g/mol. The molecule has 53 heavy (non-hydrogen) atoms. The normalized spacial score (nSPS) is 14.1. The van der Waals surface area contributed by atoms with E-state index in [0.29, 0.717) is 12.8 Å². The molecule has 0 aromatic carbocycles. The van der Waals surface area contributed by atoms with Gasteiger partial charge < -0.3 is 24.6 Å². The fourth-order valence-electron chi connectivity index (χ4n) is 5.85. The average Bonchev–Trinajstić information content (AvgIpc) is 3.14. The summed E-state index contributed by atoms with van der Waals surface area (Å²) in [6, 6.07) is 0. The number of ether oxygens (including phenoxy) is 2. The largest absolute Gasteiger partial charge is 0.472 e. The van der Waals surface area contributed by atoms with Crippen molar-refractivity contribution in [3.63, 3.8) is 0 Å². The van der Waals surface area contributed by atoms with Crippen LogP contribution in [0.3, 0.4) is 0 Å². The topological polar surface area (TPSA) is 149 Å². The molecule has 0 bridgehead atoms. The van der Waals surface area contributed by atoms with E-state index in [-0.39, 0.29) is 12.8 Å². The van der Waals surface area contributed by atoms with E-state index in [1.807, 2.05) is 0 Å². The molecule has 0 aromatic rings. The summed E-state index contributed by atoms with van der Waals surface area (Å²) in [5, 5.41) is 19.1. The van der Waals surface area contributed by atoms with Gasteiger partial charge in [0, 0.05) is 12.8 Å². The number of carbonyl (C=O) groups is 2. The first-order valence-corrected chi connectivity index (χ1v) is 22.8. The van der Waals surface area contributed by atoms with Crippen molar-refractivity contribution < 1.29 is 47.8 Å². The molecule has 0 fully saturated rings. The van der Waals surface area contributed by atoms with Crippen LogP contribution in [0.15, 0.2) is 24.3 Å². The zero-order valence-electron chi connectivity index (χ0n) is 33.7. The Kier molecular flexibility index (Phi) is 37.6. The number of hydrogen-bond acceptors (Lipinski definition) is 9. The summed E-state index contributed by atoms with van der Waals surface area (Å²) in [7, 11) is -4.63. The summed E-state index contributed by atoms with van der Waals surface area (Å²) in [6.07, 6.45) is 37.2. The molecule has 11 heteroatoms. The lowest BCUT2D eigenvalue weighted by molar-refractivity contribution is -0.153. The molecule has 0 aliphatic carbocycles. The molecule has 312 valence electrons. The van der Waals surface area contributed by atoms with Crippen molar-refractivity contribution in [2.45, 2.75) is 206 Å². The number of aliphatic hydroxyl groups is 2. The second kappa shape index (κ2) is 38.7. The maximum absolute atomic E-state index is 12.3. The summed E-state index contributed by atoms with van der Waals surface area (Å²) in [4.78, 5) is 34.4. The maximum Gasteiger partial charge on any atom is 0.472 e. The van der Waals surface area contributed by atoms with Crippen molar-refractivity contribution in [2.75, 3.05) is 26.4 Å². The van der Waals surface area contributed by atoms with Gasteiger partial charge in [0.2, 0.25) is 0 Å². The fourth-order valence-corrected chi connectivity index (χ4v) is 6.63. The van der Waals surface area contributed by atoms with E-state index in [2.05, 4.69) is 38.2 Å². The van der Waals surface area contributed by atoms with Gasteiger partial charge in [0.25, 0.3) is 0 Å². The molecule has 0 heterocycles. The van der Waals surface area contributed by atoms with Crippen molar-refractivity contribution in [3.05, 3.63) is 24.3 Å². The molecule has 0 aromatic heterocycles. The highest BCUT2D eigenvalue weighted by Crippen LogP contribution is 2.43. The minimum absolute atomic E-state index is 0.189. The zero-order chi connectivity index (χ0) is 39.1. The molecule has 3 atom stereocenters. The third-order valence-corrected chi connectivity index (χ3v) is 10.1. The minimum atomic E-state index is -4.63. The van der Waals surface area contributed by atoms with Crippen LogP contribution in [0.5, 0.6) is 0 Å². The SMILES string of the molecule is CCCCC/C=C\C/C=C\CCCCCCCCCCCC(=O)OC(CO)COP(=O)(O)OCC(CO)OC(=O)CCCCCCCCCCCCC. The number of allylic oxidation sites excluding steroid dienone is 4. The molecule has 0 aliphatic rings. The van der Waals surface area contributed by atoms with Crippen molar-refractivity contribution in [1.29, 1.82) is 0 Å². The molecule has 0 radical (unpaired) electrons. The Bertz CT molecular complexity index is 941. The van der Waals surface area contributed by atoms with Crippen LogP contribution in [-0.2, 0) is 32.7 Å². The summed E-state index contributed by atoms with van der Waals surface area (Å²) in [6.45, 7) is 2.18. The highest BCUT2D eigenvalue weighted by Gasteiger charge is 2.27. The summed E-state index contributed by atoms with van der Waals surface area (Å²) in [5.41, 5.74) is 0. The van der Waals surface area contributed by atoms with Crippen LogP contribution in [0, 0.1) is 0 Å². The van der Waals surface area contributed by atoms with Crippen LogP contribution in [0.25, 0.3) is 0 Å². The van der Waals surface area contributed by atoms with Gasteiger partial charge in [-0.05, 0) is 44.9 Å². The van der Waals surface area contributed by atoms with Gasteiger partial charge in [0.1, 0.15) is 12.2 Å². The second-order valence-electron chi connectivity index (χ2n) is 14.3. The number of rotatable bonds is 40. The van der Waals surface area contributed by atoms with Crippen LogP contribution < -0.4 is 0 Å². The lowest BCUT2D eigenvalue weighted by Crippen LogP contribution is -2.28. The standard InChI is InChI=1S/C42H79O10P/c1-3-5-7-9-11-13-15-16-17-18-19-20-21-22-24-26-28-30-32-34-42(46)52-40(36-44)38-50-53(47,48)49-37-39(35-43)51-41(45)33-31-29-27-25-23-14-12-10-8-6-4-2/h11,13,16-17,39-40,43-44H,3-10,12,14-15,18-38H2,1-2H3,(H,47,48)/b13-11-,17-16-. The number of hydrogen-bond donors (Lipinski definition) is 3. The zero-order valence-corrected chi connectivity index (χ0v) is 34.6. The average molecular weight is 775 g/mol. The Morgan fingerprint density at radius 2 is 0.830 bits per heavy atom. The number of aliphatic hydroxyl groups excluding tert-OH is 2. The molecule has 0 aliphatic heterocycles. The molecule has 0 spiro atoms. The Labute approximate surface area is 323 Å². The van der Waals surface area contributed by atoms with Crippen LogP contribution in [0.2, 0.25) is 0 Å². The van der Waals surface area contributed by atoms with Gasteiger partial charge in [-0.2, -0.15) is 0 Å². The predicted octanol–water partition coefficient (Wildman–Crippen LogP) is 11.0. The van der Waals surface area contributed by atoms with E-state index < -0.39 is 58.4 Å². The Morgan fingerprint density at radius 3 is 1.21 bits per heavy atom. The Balaban J connectivity index is 3.90. The van der Waals surface area contributed by atoms with Crippen LogP contribution >= 0.6 is 7.82 Å². The molecule has 0 amide bonds. The van der Waals surface area contributed by atoms with E-state index in [1.165, 1.54) is 103 Å². The van der Waals surface area contributed by atoms with Crippen LogP contribution in [0.1, 0.15) is 194 Å². The van der Waals surface area contributed by atoms with E-state index >= 15 is 0 Å². The lowest BCUT2D eigenvalue weighted by Gasteiger charge is -2.20. The van der Waals surface area contributed by atoms with Gasteiger partial charge in [-0.25, -0.2) is 4.57 Å². The Morgan fingerprint density at radius 1 is 0.509 bits per heavy atom. The molecule has 0 saturated carbocycles. The number of phosphoric acid groups is 1. The van der Waals surface area contributed by atoms with Crippen molar-refractivity contribution in [1.82, 2.24) is 0 Å². The van der Waals surface area contributed by atoms with Gasteiger partial charge in [0.05, 0.1) is 26.4 Å². The monoisotopic (exact) mass is 775 g/mol.